The van der Waals surface area contributed by atoms with Crippen molar-refractivity contribution in [1.29, 1.82) is 0 Å². The SMILES string of the molecule is Cc1cccc2cc(C(=O)NNS(=O)(=O)c3ccccc3)oc12. The van der Waals surface area contributed by atoms with Gasteiger partial charge in [-0.2, -0.15) is 0 Å². The van der Waals surface area contributed by atoms with Crippen molar-refractivity contribution in [1.82, 2.24) is 10.3 Å². The lowest BCUT2D eigenvalue weighted by atomic mass is 10.2. The molecule has 0 spiro atoms. The van der Waals surface area contributed by atoms with Crippen molar-refractivity contribution in [3.05, 3.63) is 65.9 Å². The smallest absolute Gasteiger partial charge is 0.301 e. The number of benzene rings is 2. The molecule has 7 heteroatoms. The van der Waals surface area contributed by atoms with Gasteiger partial charge in [0.1, 0.15) is 5.58 Å². The predicted molar refractivity (Wildman–Crippen MR) is 85.2 cm³/mol. The Kier molecular flexibility index (Phi) is 3.89. The number of amides is 1. The van der Waals surface area contributed by atoms with E-state index in [4.69, 9.17) is 4.42 Å². The summed E-state index contributed by atoms with van der Waals surface area (Å²) in [5, 5.41) is 0.779. The maximum atomic E-state index is 12.1. The number of furan rings is 1. The summed E-state index contributed by atoms with van der Waals surface area (Å²) in [6, 6.07) is 14.9. The minimum absolute atomic E-state index is 0.0325. The zero-order valence-corrected chi connectivity index (χ0v) is 13.1. The third-order valence-electron chi connectivity index (χ3n) is 3.32. The fraction of sp³-hybridized carbons (Fsp3) is 0.0625. The van der Waals surface area contributed by atoms with Gasteiger partial charge in [-0.3, -0.25) is 10.2 Å². The first-order valence-corrected chi connectivity index (χ1v) is 8.32. The molecular formula is C16H14N2O4S. The van der Waals surface area contributed by atoms with E-state index in [1.54, 1.807) is 24.3 Å². The zero-order valence-electron chi connectivity index (χ0n) is 12.2. The van der Waals surface area contributed by atoms with E-state index in [0.717, 1.165) is 10.9 Å². The second-order valence-corrected chi connectivity index (χ2v) is 6.66. The molecule has 0 saturated heterocycles. The molecule has 1 amide bonds. The van der Waals surface area contributed by atoms with Crippen LogP contribution in [-0.2, 0) is 10.0 Å². The minimum Gasteiger partial charge on any atom is -0.451 e. The molecule has 0 aliphatic carbocycles. The highest BCUT2D eigenvalue weighted by Crippen LogP contribution is 2.22. The van der Waals surface area contributed by atoms with Gasteiger partial charge in [-0.05, 0) is 30.7 Å². The van der Waals surface area contributed by atoms with E-state index >= 15 is 0 Å². The molecule has 3 rings (SSSR count). The van der Waals surface area contributed by atoms with Gasteiger partial charge in [-0.25, -0.2) is 8.42 Å². The summed E-state index contributed by atoms with van der Waals surface area (Å²) < 4.78 is 29.6. The molecular weight excluding hydrogens is 316 g/mol. The van der Waals surface area contributed by atoms with Crippen LogP contribution in [0, 0.1) is 6.92 Å². The molecule has 2 N–H and O–H groups in total. The predicted octanol–water partition coefficient (Wildman–Crippen LogP) is 2.36. The second-order valence-electron chi connectivity index (χ2n) is 4.98. The molecule has 0 aliphatic rings. The fourth-order valence-corrected chi connectivity index (χ4v) is 3.01. The van der Waals surface area contributed by atoms with Crippen molar-refractivity contribution in [2.75, 3.05) is 0 Å². The van der Waals surface area contributed by atoms with Crippen molar-refractivity contribution in [2.24, 2.45) is 0 Å². The van der Waals surface area contributed by atoms with Crippen LogP contribution in [-0.4, -0.2) is 14.3 Å². The Morgan fingerprint density at radius 2 is 1.78 bits per heavy atom. The van der Waals surface area contributed by atoms with Crippen molar-refractivity contribution in [3.63, 3.8) is 0 Å². The van der Waals surface area contributed by atoms with E-state index < -0.39 is 15.9 Å². The molecule has 2 aromatic carbocycles. The first-order chi connectivity index (χ1) is 11.0. The molecule has 0 radical (unpaired) electrons. The Labute approximate surface area is 133 Å². The molecule has 0 fully saturated rings. The number of aryl methyl sites for hydroxylation is 1. The molecule has 0 bridgehead atoms. The lowest BCUT2D eigenvalue weighted by Crippen LogP contribution is -2.41. The number of fused-ring (bicyclic) bond motifs is 1. The number of hydrazine groups is 1. The summed E-state index contributed by atoms with van der Waals surface area (Å²) in [5.41, 5.74) is 3.64. The molecule has 0 aliphatic heterocycles. The average Bonchev–Trinajstić information content (AvgIpc) is 2.99. The topological polar surface area (TPSA) is 88.4 Å². The van der Waals surface area contributed by atoms with E-state index in [1.807, 2.05) is 30.0 Å². The number of para-hydroxylation sites is 1. The van der Waals surface area contributed by atoms with Gasteiger partial charge in [0.05, 0.1) is 4.90 Å². The van der Waals surface area contributed by atoms with Crippen LogP contribution in [0.3, 0.4) is 0 Å². The monoisotopic (exact) mass is 330 g/mol. The van der Waals surface area contributed by atoms with Gasteiger partial charge in [0.25, 0.3) is 10.0 Å². The van der Waals surface area contributed by atoms with E-state index in [9.17, 15) is 13.2 Å². The fourth-order valence-electron chi connectivity index (χ4n) is 2.15. The highest BCUT2D eigenvalue weighted by atomic mass is 32.2. The Morgan fingerprint density at radius 1 is 1.04 bits per heavy atom. The largest absolute Gasteiger partial charge is 0.451 e. The number of hydrogen-bond acceptors (Lipinski definition) is 4. The Hall–Kier alpha value is -2.64. The van der Waals surface area contributed by atoms with Crippen LogP contribution >= 0.6 is 0 Å². The zero-order chi connectivity index (χ0) is 16.4. The first kappa shape index (κ1) is 15.3. The summed E-state index contributed by atoms with van der Waals surface area (Å²) in [6.45, 7) is 1.87. The van der Waals surface area contributed by atoms with E-state index in [-0.39, 0.29) is 10.7 Å². The lowest BCUT2D eigenvalue weighted by Gasteiger charge is -2.06. The maximum Gasteiger partial charge on any atom is 0.301 e. The van der Waals surface area contributed by atoms with E-state index in [0.29, 0.717) is 5.58 Å². The summed E-state index contributed by atoms with van der Waals surface area (Å²) >= 11 is 0. The number of rotatable bonds is 4. The summed E-state index contributed by atoms with van der Waals surface area (Å²) in [5.74, 6) is -0.634. The number of sulfonamides is 1. The third kappa shape index (κ3) is 3.10. The highest BCUT2D eigenvalue weighted by Gasteiger charge is 2.17. The summed E-state index contributed by atoms with van der Waals surface area (Å²) in [7, 11) is -3.83. The van der Waals surface area contributed by atoms with Crippen LogP contribution in [0.4, 0.5) is 0 Å². The molecule has 3 aromatic rings. The van der Waals surface area contributed by atoms with Gasteiger partial charge < -0.3 is 4.42 Å². The minimum atomic E-state index is -3.83. The molecule has 6 nitrogen and oxygen atoms in total. The van der Waals surface area contributed by atoms with Crippen LogP contribution in [0.2, 0.25) is 0 Å². The quantitative estimate of drug-likeness (QED) is 0.719. The van der Waals surface area contributed by atoms with Gasteiger partial charge in [0.15, 0.2) is 5.76 Å². The highest BCUT2D eigenvalue weighted by molar-refractivity contribution is 7.89. The Bertz CT molecular complexity index is 962. The van der Waals surface area contributed by atoms with Gasteiger partial charge in [0.2, 0.25) is 0 Å². The van der Waals surface area contributed by atoms with Crippen molar-refractivity contribution >= 4 is 26.9 Å². The van der Waals surface area contributed by atoms with Crippen molar-refractivity contribution < 1.29 is 17.6 Å². The molecule has 0 atom stereocenters. The van der Waals surface area contributed by atoms with Crippen LogP contribution < -0.4 is 10.3 Å². The normalized spacial score (nSPS) is 11.5. The van der Waals surface area contributed by atoms with Crippen LogP contribution in [0.5, 0.6) is 0 Å². The number of hydrogen-bond donors (Lipinski definition) is 2. The van der Waals surface area contributed by atoms with Gasteiger partial charge in [-0.15, -0.1) is 4.83 Å². The second kappa shape index (κ2) is 5.86. The van der Waals surface area contributed by atoms with E-state index in [1.165, 1.54) is 12.1 Å². The summed E-state index contributed by atoms with van der Waals surface area (Å²) in [4.78, 5) is 14.2. The van der Waals surface area contributed by atoms with Gasteiger partial charge in [0, 0.05) is 5.39 Å². The van der Waals surface area contributed by atoms with Crippen molar-refractivity contribution in [3.8, 4) is 0 Å². The third-order valence-corrected chi connectivity index (χ3v) is 4.58. The van der Waals surface area contributed by atoms with Crippen LogP contribution in [0.15, 0.2) is 63.9 Å². The summed E-state index contributed by atoms with van der Waals surface area (Å²) in [6.07, 6.45) is 0. The Morgan fingerprint density at radius 3 is 2.48 bits per heavy atom. The molecule has 0 saturated carbocycles. The molecule has 1 heterocycles. The molecule has 0 unspecified atom stereocenters. The molecule has 1 aromatic heterocycles. The standard InChI is InChI=1S/C16H14N2O4S/c1-11-6-5-7-12-10-14(22-15(11)12)16(19)17-18-23(20,21)13-8-3-2-4-9-13/h2-10,18H,1H3,(H,17,19). The first-order valence-electron chi connectivity index (χ1n) is 6.84. The maximum absolute atomic E-state index is 12.1. The van der Waals surface area contributed by atoms with E-state index in [2.05, 4.69) is 5.43 Å². The van der Waals surface area contributed by atoms with Gasteiger partial charge in [-0.1, -0.05) is 36.4 Å². The van der Waals surface area contributed by atoms with Crippen LogP contribution in [0.25, 0.3) is 11.0 Å². The molecule has 118 valence electrons. The lowest BCUT2D eigenvalue weighted by molar-refractivity contribution is 0.0919. The number of nitrogens with one attached hydrogen (secondary N) is 2. The van der Waals surface area contributed by atoms with Crippen molar-refractivity contribution in [2.45, 2.75) is 11.8 Å². The molecule has 23 heavy (non-hydrogen) atoms. The Balaban J connectivity index is 1.78. The van der Waals surface area contributed by atoms with Gasteiger partial charge >= 0.3 is 5.91 Å². The average molecular weight is 330 g/mol. The number of carbonyl (C=O) groups is 1. The number of carbonyl (C=O) groups excluding carboxylic acids is 1. The van der Waals surface area contributed by atoms with Crippen LogP contribution in [0.1, 0.15) is 16.1 Å².